The highest BCUT2D eigenvalue weighted by Crippen LogP contribution is 2.19. The molecule has 0 radical (unpaired) electrons. The van der Waals surface area contributed by atoms with Gasteiger partial charge in [0.15, 0.2) is 0 Å². The Bertz CT molecular complexity index is 339. The molecule has 2 atom stereocenters. The van der Waals surface area contributed by atoms with Crippen LogP contribution in [0.1, 0.15) is 44.4 Å². The quantitative estimate of drug-likeness (QED) is 0.843. The zero-order valence-corrected chi connectivity index (χ0v) is 10.5. The van der Waals surface area contributed by atoms with Crippen LogP contribution in [0.4, 0.5) is 0 Å². The van der Waals surface area contributed by atoms with Crippen molar-refractivity contribution in [1.29, 1.82) is 0 Å². The van der Waals surface area contributed by atoms with E-state index in [-0.39, 0.29) is 0 Å². The van der Waals surface area contributed by atoms with Crippen LogP contribution in [0.25, 0.3) is 0 Å². The highest BCUT2D eigenvalue weighted by atomic mass is 15.3. The van der Waals surface area contributed by atoms with Gasteiger partial charge in [0.1, 0.15) is 11.6 Å². The van der Waals surface area contributed by atoms with E-state index in [1.807, 2.05) is 0 Å². The average Bonchev–Trinajstić information content (AvgIpc) is 2.89. The standard InChI is InChI=1S/C12H22N4/c1-4-9(2)16-10(3)14-15-12(16)7-11-5-6-13-8-11/h9,11,13H,4-8H2,1-3H3. The first-order valence-electron chi connectivity index (χ1n) is 6.33. The van der Waals surface area contributed by atoms with Crippen molar-refractivity contribution in [2.75, 3.05) is 13.1 Å². The third kappa shape index (κ3) is 2.26. The molecule has 0 spiro atoms. The third-order valence-corrected chi connectivity index (χ3v) is 3.60. The first-order chi connectivity index (χ1) is 7.72. The van der Waals surface area contributed by atoms with Gasteiger partial charge in [-0.15, -0.1) is 10.2 Å². The van der Waals surface area contributed by atoms with Crippen LogP contribution in [0, 0.1) is 12.8 Å². The molecule has 1 aliphatic rings. The van der Waals surface area contributed by atoms with E-state index in [1.165, 1.54) is 12.2 Å². The third-order valence-electron chi connectivity index (χ3n) is 3.60. The fourth-order valence-corrected chi connectivity index (χ4v) is 2.46. The van der Waals surface area contributed by atoms with E-state index in [1.54, 1.807) is 0 Å². The molecule has 4 heteroatoms. The Morgan fingerprint density at radius 2 is 2.31 bits per heavy atom. The molecule has 90 valence electrons. The smallest absolute Gasteiger partial charge is 0.133 e. The summed E-state index contributed by atoms with van der Waals surface area (Å²) in [7, 11) is 0. The molecule has 1 N–H and O–H groups in total. The fourth-order valence-electron chi connectivity index (χ4n) is 2.46. The van der Waals surface area contributed by atoms with Crippen LogP contribution in [0.2, 0.25) is 0 Å². The van der Waals surface area contributed by atoms with Gasteiger partial charge >= 0.3 is 0 Å². The summed E-state index contributed by atoms with van der Waals surface area (Å²) in [4.78, 5) is 0. The summed E-state index contributed by atoms with van der Waals surface area (Å²) < 4.78 is 2.30. The summed E-state index contributed by atoms with van der Waals surface area (Å²) in [6.45, 7) is 8.79. The van der Waals surface area contributed by atoms with Gasteiger partial charge in [-0.2, -0.15) is 0 Å². The van der Waals surface area contributed by atoms with E-state index in [2.05, 4.69) is 40.9 Å². The van der Waals surface area contributed by atoms with Crippen LogP contribution in [0.5, 0.6) is 0 Å². The van der Waals surface area contributed by atoms with Crippen molar-refractivity contribution >= 4 is 0 Å². The number of nitrogens with zero attached hydrogens (tertiary/aromatic N) is 3. The maximum atomic E-state index is 4.33. The minimum absolute atomic E-state index is 0.513. The zero-order chi connectivity index (χ0) is 11.5. The fraction of sp³-hybridized carbons (Fsp3) is 0.833. The van der Waals surface area contributed by atoms with Crippen molar-refractivity contribution in [3.8, 4) is 0 Å². The van der Waals surface area contributed by atoms with Crippen LogP contribution in [-0.2, 0) is 6.42 Å². The lowest BCUT2D eigenvalue weighted by Gasteiger charge is -2.16. The van der Waals surface area contributed by atoms with Gasteiger partial charge in [-0.3, -0.25) is 0 Å². The van der Waals surface area contributed by atoms with E-state index in [4.69, 9.17) is 0 Å². The van der Waals surface area contributed by atoms with Crippen molar-refractivity contribution in [3.05, 3.63) is 11.6 Å². The summed E-state index contributed by atoms with van der Waals surface area (Å²) >= 11 is 0. The highest BCUT2D eigenvalue weighted by Gasteiger charge is 2.20. The average molecular weight is 222 g/mol. The second kappa shape index (κ2) is 4.95. The largest absolute Gasteiger partial charge is 0.316 e. The number of aryl methyl sites for hydroxylation is 1. The Kier molecular flexibility index (Phi) is 3.59. The maximum Gasteiger partial charge on any atom is 0.133 e. The zero-order valence-electron chi connectivity index (χ0n) is 10.5. The molecule has 0 aromatic carbocycles. The Morgan fingerprint density at radius 1 is 1.50 bits per heavy atom. The van der Waals surface area contributed by atoms with Crippen molar-refractivity contribution < 1.29 is 0 Å². The molecule has 0 bridgehead atoms. The molecule has 2 rings (SSSR count). The molecule has 0 saturated carbocycles. The second-order valence-corrected chi connectivity index (χ2v) is 4.85. The number of hydrogen-bond donors (Lipinski definition) is 1. The van der Waals surface area contributed by atoms with Crippen LogP contribution >= 0.6 is 0 Å². The number of hydrogen-bond acceptors (Lipinski definition) is 3. The molecule has 1 aromatic rings. The first kappa shape index (κ1) is 11.6. The second-order valence-electron chi connectivity index (χ2n) is 4.85. The summed E-state index contributed by atoms with van der Waals surface area (Å²) in [5.41, 5.74) is 0. The molecule has 16 heavy (non-hydrogen) atoms. The molecule has 1 aromatic heterocycles. The monoisotopic (exact) mass is 222 g/mol. The van der Waals surface area contributed by atoms with Gasteiger partial charge in [-0.05, 0) is 45.7 Å². The molecule has 4 nitrogen and oxygen atoms in total. The first-order valence-corrected chi connectivity index (χ1v) is 6.33. The Balaban J connectivity index is 2.13. The molecule has 0 amide bonds. The summed E-state index contributed by atoms with van der Waals surface area (Å²) in [6.07, 6.45) is 3.47. The number of rotatable bonds is 4. The lowest BCUT2D eigenvalue weighted by molar-refractivity contribution is 0.469. The molecule has 2 unspecified atom stereocenters. The molecule has 1 aliphatic heterocycles. The minimum Gasteiger partial charge on any atom is -0.316 e. The van der Waals surface area contributed by atoms with Crippen molar-refractivity contribution in [2.45, 2.75) is 46.1 Å². The van der Waals surface area contributed by atoms with E-state index >= 15 is 0 Å². The van der Waals surface area contributed by atoms with Crippen molar-refractivity contribution in [2.24, 2.45) is 5.92 Å². The summed E-state index contributed by atoms with van der Waals surface area (Å²) in [5.74, 6) is 2.96. The molecule has 0 aliphatic carbocycles. The maximum absolute atomic E-state index is 4.33. The molecule has 2 heterocycles. The van der Waals surface area contributed by atoms with E-state index in [0.717, 1.165) is 37.7 Å². The molecular weight excluding hydrogens is 200 g/mol. The van der Waals surface area contributed by atoms with E-state index in [9.17, 15) is 0 Å². The van der Waals surface area contributed by atoms with Gasteiger partial charge in [0.25, 0.3) is 0 Å². The Labute approximate surface area is 97.5 Å². The van der Waals surface area contributed by atoms with Gasteiger partial charge in [-0.25, -0.2) is 0 Å². The van der Waals surface area contributed by atoms with Crippen LogP contribution < -0.4 is 5.32 Å². The van der Waals surface area contributed by atoms with Crippen LogP contribution in [0.3, 0.4) is 0 Å². The van der Waals surface area contributed by atoms with E-state index < -0.39 is 0 Å². The predicted molar refractivity (Wildman–Crippen MR) is 64.4 cm³/mol. The summed E-state index contributed by atoms with van der Waals surface area (Å²) in [6, 6.07) is 0.513. The SMILES string of the molecule is CCC(C)n1c(C)nnc1CC1CCNC1. The molecule has 1 saturated heterocycles. The van der Waals surface area contributed by atoms with Gasteiger partial charge in [0.2, 0.25) is 0 Å². The van der Waals surface area contributed by atoms with Crippen LogP contribution in [0.15, 0.2) is 0 Å². The number of aromatic nitrogens is 3. The van der Waals surface area contributed by atoms with Gasteiger partial charge in [0.05, 0.1) is 0 Å². The minimum atomic E-state index is 0.513. The Morgan fingerprint density at radius 3 is 2.94 bits per heavy atom. The molecule has 1 fully saturated rings. The van der Waals surface area contributed by atoms with Crippen molar-refractivity contribution in [3.63, 3.8) is 0 Å². The summed E-state index contributed by atoms with van der Waals surface area (Å²) in [5, 5.41) is 12.0. The molecular formula is C12H22N4. The van der Waals surface area contributed by atoms with Gasteiger partial charge in [-0.1, -0.05) is 6.92 Å². The highest BCUT2D eigenvalue weighted by molar-refractivity contribution is 4.98. The number of nitrogens with one attached hydrogen (secondary N) is 1. The van der Waals surface area contributed by atoms with Gasteiger partial charge < -0.3 is 9.88 Å². The topological polar surface area (TPSA) is 42.7 Å². The van der Waals surface area contributed by atoms with Crippen molar-refractivity contribution in [1.82, 2.24) is 20.1 Å². The predicted octanol–water partition coefficient (Wildman–Crippen LogP) is 1.71. The lowest BCUT2D eigenvalue weighted by Crippen LogP contribution is -2.16. The van der Waals surface area contributed by atoms with Crippen LogP contribution in [-0.4, -0.2) is 27.9 Å². The van der Waals surface area contributed by atoms with E-state index in [0.29, 0.717) is 6.04 Å². The van der Waals surface area contributed by atoms with Gasteiger partial charge in [0, 0.05) is 12.5 Å². The normalized spacial score (nSPS) is 22.6. The Hall–Kier alpha value is -0.900. The lowest BCUT2D eigenvalue weighted by atomic mass is 10.0.